The Labute approximate surface area is 139 Å². The van der Waals surface area contributed by atoms with Crippen LogP contribution in [0.5, 0.6) is 11.5 Å². The fraction of sp³-hybridized carbons (Fsp3) is 0.562. The summed E-state index contributed by atoms with van der Waals surface area (Å²) in [5.74, 6) is 1.28. The lowest BCUT2D eigenvalue weighted by molar-refractivity contribution is 0.0882. The highest BCUT2D eigenvalue weighted by Gasteiger charge is 2.29. The van der Waals surface area contributed by atoms with E-state index in [-0.39, 0.29) is 24.2 Å². The van der Waals surface area contributed by atoms with E-state index in [1.807, 2.05) is 27.7 Å². The molecule has 3 N–H and O–H groups in total. The van der Waals surface area contributed by atoms with Crippen LogP contribution >= 0.6 is 12.4 Å². The van der Waals surface area contributed by atoms with Gasteiger partial charge < -0.3 is 20.5 Å². The molecule has 0 fully saturated rings. The number of ether oxygens (including phenoxy) is 2. The minimum absolute atomic E-state index is 0. The topological polar surface area (TPSA) is 73.6 Å². The number of rotatable bonds is 6. The second-order valence-electron chi connectivity index (χ2n) is 5.74. The summed E-state index contributed by atoms with van der Waals surface area (Å²) in [7, 11) is 3.14. The van der Waals surface area contributed by atoms with Crippen molar-refractivity contribution in [3.8, 4) is 11.5 Å². The summed E-state index contributed by atoms with van der Waals surface area (Å²) in [5.41, 5.74) is 6.71. The summed E-state index contributed by atoms with van der Waals surface area (Å²) >= 11 is 0. The van der Waals surface area contributed by atoms with Gasteiger partial charge in [-0.05, 0) is 31.9 Å². The van der Waals surface area contributed by atoms with Crippen molar-refractivity contribution in [3.05, 3.63) is 23.3 Å². The fourth-order valence-electron chi connectivity index (χ4n) is 1.98. The summed E-state index contributed by atoms with van der Waals surface area (Å²) in [6.45, 7) is 8.26. The van der Waals surface area contributed by atoms with Crippen molar-refractivity contribution in [1.82, 2.24) is 5.32 Å². The fourth-order valence-corrected chi connectivity index (χ4v) is 1.98. The zero-order valence-corrected chi connectivity index (χ0v) is 15.0. The molecule has 0 aliphatic heterocycles. The van der Waals surface area contributed by atoms with Crippen LogP contribution in [0.15, 0.2) is 12.1 Å². The molecule has 1 unspecified atom stereocenters. The average Bonchev–Trinajstić information content (AvgIpc) is 2.46. The van der Waals surface area contributed by atoms with Crippen molar-refractivity contribution in [3.63, 3.8) is 0 Å². The van der Waals surface area contributed by atoms with E-state index in [4.69, 9.17) is 15.2 Å². The number of methoxy groups -OCH3 is 2. The molecule has 0 radical (unpaired) electrons. The third kappa shape index (κ3) is 4.27. The van der Waals surface area contributed by atoms with Crippen LogP contribution in [0.4, 0.5) is 0 Å². The molecule has 1 aromatic carbocycles. The number of hydrogen-bond acceptors (Lipinski definition) is 4. The Morgan fingerprint density at radius 2 is 1.73 bits per heavy atom. The van der Waals surface area contributed by atoms with Crippen molar-refractivity contribution in [2.75, 3.05) is 20.8 Å². The lowest BCUT2D eigenvalue weighted by atomic mass is 9.88. The van der Waals surface area contributed by atoms with E-state index < -0.39 is 5.54 Å². The number of nitrogens with two attached hydrogens (primary N) is 1. The van der Waals surface area contributed by atoms with E-state index in [9.17, 15) is 4.79 Å². The highest BCUT2D eigenvalue weighted by Crippen LogP contribution is 2.29. The van der Waals surface area contributed by atoms with Crippen LogP contribution in [0.25, 0.3) is 0 Å². The first-order valence-electron chi connectivity index (χ1n) is 7.04. The Morgan fingerprint density at radius 1 is 1.27 bits per heavy atom. The van der Waals surface area contributed by atoms with Gasteiger partial charge in [-0.25, -0.2) is 0 Å². The molecule has 0 spiro atoms. The van der Waals surface area contributed by atoms with E-state index in [1.165, 1.54) is 0 Å². The van der Waals surface area contributed by atoms with Crippen LogP contribution in [-0.4, -0.2) is 32.2 Å². The molecule has 1 rings (SSSR count). The van der Waals surface area contributed by atoms with Crippen LogP contribution in [-0.2, 0) is 0 Å². The van der Waals surface area contributed by atoms with Crippen LogP contribution in [0.3, 0.4) is 0 Å². The van der Waals surface area contributed by atoms with Gasteiger partial charge in [0.15, 0.2) is 0 Å². The summed E-state index contributed by atoms with van der Waals surface area (Å²) in [6, 6.07) is 3.43. The summed E-state index contributed by atoms with van der Waals surface area (Å²) < 4.78 is 10.6. The molecule has 0 aromatic heterocycles. The second kappa shape index (κ2) is 8.25. The van der Waals surface area contributed by atoms with Gasteiger partial charge in [0.05, 0.1) is 19.8 Å². The Morgan fingerprint density at radius 3 is 2.05 bits per heavy atom. The lowest BCUT2D eigenvalue weighted by Gasteiger charge is -2.33. The lowest BCUT2D eigenvalue weighted by Crippen LogP contribution is -2.55. The van der Waals surface area contributed by atoms with Crippen molar-refractivity contribution < 1.29 is 14.3 Å². The molecule has 0 aliphatic carbocycles. The van der Waals surface area contributed by atoms with E-state index in [0.717, 1.165) is 5.56 Å². The Balaban J connectivity index is 0.00000441. The third-order valence-electron chi connectivity index (χ3n) is 4.11. The monoisotopic (exact) mass is 330 g/mol. The maximum atomic E-state index is 12.5. The quantitative estimate of drug-likeness (QED) is 0.840. The summed E-state index contributed by atoms with van der Waals surface area (Å²) in [5, 5.41) is 3.01. The van der Waals surface area contributed by atoms with Crippen molar-refractivity contribution in [2.45, 2.75) is 33.2 Å². The molecule has 1 aromatic rings. The van der Waals surface area contributed by atoms with Crippen molar-refractivity contribution >= 4 is 18.3 Å². The number of hydrogen-bond donors (Lipinski definition) is 2. The van der Waals surface area contributed by atoms with Crippen LogP contribution < -0.4 is 20.5 Å². The largest absolute Gasteiger partial charge is 0.496 e. The molecule has 22 heavy (non-hydrogen) atoms. The smallest absolute Gasteiger partial charge is 0.252 e. The third-order valence-corrected chi connectivity index (χ3v) is 4.11. The van der Waals surface area contributed by atoms with Gasteiger partial charge in [-0.3, -0.25) is 4.79 Å². The number of nitrogens with one attached hydrogen (secondary N) is 1. The molecule has 1 atom stereocenters. The molecule has 6 heteroatoms. The van der Waals surface area contributed by atoms with Gasteiger partial charge in [0.25, 0.3) is 5.91 Å². The molecule has 126 valence electrons. The minimum Gasteiger partial charge on any atom is -0.496 e. The Bertz CT molecular complexity index is 495. The minimum atomic E-state index is -0.456. The number of carbonyl (C=O) groups excluding carboxylic acids is 1. The van der Waals surface area contributed by atoms with E-state index >= 15 is 0 Å². The molecule has 1 amide bonds. The zero-order chi connectivity index (χ0) is 16.2. The highest BCUT2D eigenvalue weighted by atomic mass is 35.5. The molecular weight excluding hydrogens is 304 g/mol. The standard InChI is InChI=1S/C16H26N2O3.ClH/c1-10(2)16(4,9-17)18-15(19)12-7-13(20-5)11(3)14(8-12)21-6;/h7-8,10H,9,17H2,1-6H3,(H,18,19);1H. The highest BCUT2D eigenvalue weighted by molar-refractivity contribution is 5.95. The van der Waals surface area contributed by atoms with E-state index in [0.29, 0.717) is 23.6 Å². The van der Waals surface area contributed by atoms with Gasteiger partial charge in [0.1, 0.15) is 11.5 Å². The molecular formula is C16H27ClN2O3. The molecule has 0 heterocycles. The van der Waals surface area contributed by atoms with Gasteiger partial charge in [0, 0.05) is 17.7 Å². The first-order valence-corrected chi connectivity index (χ1v) is 7.04. The van der Waals surface area contributed by atoms with Crippen LogP contribution in [0, 0.1) is 12.8 Å². The average molecular weight is 331 g/mol. The van der Waals surface area contributed by atoms with Crippen LogP contribution in [0.2, 0.25) is 0 Å². The zero-order valence-electron chi connectivity index (χ0n) is 14.1. The summed E-state index contributed by atoms with van der Waals surface area (Å²) in [6.07, 6.45) is 0. The molecule has 5 nitrogen and oxygen atoms in total. The van der Waals surface area contributed by atoms with Gasteiger partial charge in [-0.2, -0.15) is 0 Å². The van der Waals surface area contributed by atoms with Crippen molar-refractivity contribution in [1.29, 1.82) is 0 Å². The predicted octanol–water partition coefficient (Wildman–Crippen LogP) is 2.54. The van der Waals surface area contributed by atoms with E-state index in [1.54, 1.807) is 26.4 Å². The SMILES string of the molecule is COc1cc(C(=O)NC(C)(CN)C(C)C)cc(OC)c1C.Cl. The Kier molecular flexibility index (Phi) is 7.70. The normalized spacial score (nSPS) is 13.1. The van der Waals surface area contributed by atoms with E-state index in [2.05, 4.69) is 5.32 Å². The van der Waals surface area contributed by atoms with Gasteiger partial charge in [-0.1, -0.05) is 13.8 Å². The van der Waals surface area contributed by atoms with Crippen LogP contribution in [0.1, 0.15) is 36.7 Å². The number of benzene rings is 1. The number of amides is 1. The maximum absolute atomic E-state index is 12.5. The summed E-state index contributed by atoms with van der Waals surface area (Å²) in [4.78, 5) is 12.5. The van der Waals surface area contributed by atoms with Crippen molar-refractivity contribution in [2.24, 2.45) is 11.7 Å². The first-order chi connectivity index (χ1) is 9.78. The molecule has 0 aliphatic rings. The van der Waals surface area contributed by atoms with Gasteiger partial charge >= 0.3 is 0 Å². The van der Waals surface area contributed by atoms with Gasteiger partial charge in [0.2, 0.25) is 0 Å². The second-order valence-corrected chi connectivity index (χ2v) is 5.74. The maximum Gasteiger partial charge on any atom is 0.252 e. The van der Waals surface area contributed by atoms with Gasteiger partial charge in [-0.15, -0.1) is 12.4 Å². The molecule has 0 bridgehead atoms. The predicted molar refractivity (Wildman–Crippen MR) is 91.3 cm³/mol. The first kappa shape index (κ1) is 20.5. The number of halogens is 1. The Hall–Kier alpha value is -1.46. The molecule has 0 saturated heterocycles. The molecule has 0 saturated carbocycles. The number of carbonyl (C=O) groups is 1.